The maximum atomic E-state index is 13.6. The number of anilines is 1. The third-order valence-corrected chi connectivity index (χ3v) is 6.70. The molecule has 0 unspecified atom stereocenters. The van der Waals surface area contributed by atoms with Gasteiger partial charge < -0.3 is 4.42 Å². The summed E-state index contributed by atoms with van der Waals surface area (Å²) in [4.78, 5) is 44.0. The molecule has 0 saturated heterocycles. The van der Waals surface area contributed by atoms with Crippen molar-refractivity contribution < 1.29 is 14.1 Å². The minimum Gasteiger partial charge on any atom is -0.450 e. The van der Waals surface area contributed by atoms with Crippen LogP contribution in [-0.4, -0.2) is 15.8 Å². The Bertz CT molecular complexity index is 1640. The van der Waals surface area contributed by atoms with Crippen molar-refractivity contribution in [2.24, 2.45) is 0 Å². The summed E-state index contributed by atoms with van der Waals surface area (Å²) in [6, 6.07) is 19.2. The molecule has 0 saturated carbocycles. The van der Waals surface area contributed by atoms with Gasteiger partial charge in [0.05, 0.1) is 32.1 Å². The van der Waals surface area contributed by atoms with Crippen LogP contribution in [0.4, 0.5) is 10.8 Å². The summed E-state index contributed by atoms with van der Waals surface area (Å²) in [5.74, 6) is -0.585. The van der Waals surface area contributed by atoms with E-state index in [2.05, 4.69) is 4.98 Å². The van der Waals surface area contributed by atoms with Crippen LogP contribution in [-0.2, 0) is 0 Å². The topological polar surface area (TPSA) is 107 Å². The summed E-state index contributed by atoms with van der Waals surface area (Å²) in [6.45, 7) is 0. The first-order valence-electron chi connectivity index (χ1n) is 10.0. The van der Waals surface area contributed by atoms with Gasteiger partial charge in [0.15, 0.2) is 10.6 Å². The molecule has 9 heteroatoms. The van der Waals surface area contributed by atoms with E-state index in [1.54, 1.807) is 30.3 Å². The zero-order valence-corrected chi connectivity index (χ0v) is 17.6. The van der Waals surface area contributed by atoms with Gasteiger partial charge in [-0.15, -0.1) is 0 Å². The van der Waals surface area contributed by atoms with E-state index >= 15 is 0 Å². The van der Waals surface area contributed by atoms with Crippen molar-refractivity contribution in [2.75, 3.05) is 4.90 Å². The Hall–Kier alpha value is -4.37. The van der Waals surface area contributed by atoms with Gasteiger partial charge in [0.25, 0.3) is 11.6 Å². The van der Waals surface area contributed by atoms with Gasteiger partial charge in [-0.1, -0.05) is 47.7 Å². The fourth-order valence-electron chi connectivity index (χ4n) is 4.20. The van der Waals surface area contributed by atoms with Crippen LogP contribution >= 0.6 is 11.3 Å². The molecule has 0 spiro atoms. The van der Waals surface area contributed by atoms with Gasteiger partial charge in [0.2, 0.25) is 5.76 Å². The number of carbonyl (C=O) groups excluding carboxylic acids is 1. The average Bonchev–Trinajstić information content (AvgIpc) is 3.38. The van der Waals surface area contributed by atoms with Crippen molar-refractivity contribution in [3.05, 3.63) is 110 Å². The molecular weight excluding hydrogens is 442 g/mol. The lowest BCUT2D eigenvalue weighted by Crippen LogP contribution is -2.29. The van der Waals surface area contributed by atoms with E-state index in [0.717, 1.165) is 4.70 Å². The molecule has 2 aromatic heterocycles. The minimum absolute atomic E-state index is 0.0746. The second kappa shape index (κ2) is 7.07. The summed E-state index contributed by atoms with van der Waals surface area (Å²) in [5.41, 5.74) is 1.11. The molecule has 8 nitrogen and oxygen atoms in total. The van der Waals surface area contributed by atoms with Gasteiger partial charge in [0.1, 0.15) is 5.58 Å². The first-order valence-corrected chi connectivity index (χ1v) is 10.8. The number of aromatic nitrogens is 1. The fourth-order valence-corrected chi connectivity index (χ4v) is 5.20. The smallest absolute Gasteiger partial charge is 0.297 e. The monoisotopic (exact) mass is 455 g/mol. The Morgan fingerprint density at radius 3 is 2.61 bits per heavy atom. The number of nitrogens with zero attached hydrogens (tertiary/aromatic N) is 3. The van der Waals surface area contributed by atoms with Crippen molar-refractivity contribution in [2.45, 2.75) is 6.04 Å². The van der Waals surface area contributed by atoms with Crippen LogP contribution < -0.4 is 10.3 Å². The normalized spacial score (nSPS) is 15.3. The average molecular weight is 455 g/mol. The molecule has 0 fully saturated rings. The predicted molar refractivity (Wildman–Crippen MR) is 124 cm³/mol. The van der Waals surface area contributed by atoms with E-state index in [4.69, 9.17) is 4.42 Å². The second-order valence-corrected chi connectivity index (χ2v) is 8.57. The molecule has 0 bridgehead atoms. The molecule has 1 aliphatic heterocycles. The molecule has 33 heavy (non-hydrogen) atoms. The Morgan fingerprint density at radius 2 is 1.79 bits per heavy atom. The number of hydrogen-bond acceptors (Lipinski definition) is 7. The van der Waals surface area contributed by atoms with Crippen LogP contribution in [0.3, 0.4) is 0 Å². The van der Waals surface area contributed by atoms with E-state index in [9.17, 15) is 19.7 Å². The number of thiazole rings is 1. The highest BCUT2D eigenvalue weighted by atomic mass is 32.1. The number of amides is 1. The maximum absolute atomic E-state index is 13.6. The van der Waals surface area contributed by atoms with Crippen LogP contribution in [0, 0.1) is 10.1 Å². The molecule has 1 amide bonds. The summed E-state index contributed by atoms with van der Waals surface area (Å²) in [5, 5.41) is 12.1. The second-order valence-electron chi connectivity index (χ2n) is 7.56. The van der Waals surface area contributed by atoms with Gasteiger partial charge in [-0.3, -0.25) is 24.6 Å². The lowest BCUT2D eigenvalue weighted by atomic mass is 9.98. The summed E-state index contributed by atoms with van der Waals surface area (Å²) < 4.78 is 6.78. The molecule has 0 aliphatic carbocycles. The Kier molecular flexibility index (Phi) is 4.14. The number of benzene rings is 3. The third-order valence-electron chi connectivity index (χ3n) is 5.66. The number of hydrogen-bond donors (Lipinski definition) is 0. The van der Waals surface area contributed by atoms with Gasteiger partial charge in [-0.05, 0) is 29.8 Å². The predicted octanol–water partition coefficient (Wildman–Crippen LogP) is 5.06. The molecule has 160 valence electrons. The Morgan fingerprint density at radius 1 is 1.00 bits per heavy atom. The number of non-ortho nitro benzene ring substituents is 1. The van der Waals surface area contributed by atoms with Crippen molar-refractivity contribution >= 4 is 49.2 Å². The lowest BCUT2D eigenvalue weighted by Gasteiger charge is -2.22. The Labute approximate surface area is 189 Å². The number of para-hydroxylation sites is 2. The van der Waals surface area contributed by atoms with Gasteiger partial charge in [-0.2, -0.15) is 0 Å². The quantitative estimate of drug-likeness (QED) is 0.278. The first kappa shape index (κ1) is 19.3. The summed E-state index contributed by atoms with van der Waals surface area (Å²) in [6.07, 6.45) is 0. The lowest BCUT2D eigenvalue weighted by molar-refractivity contribution is -0.384. The van der Waals surface area contributed by atoms with E-state index in [0.29, 0.717) is 27.2 Å². The number of nitro groups is 1. The highest BCUT2D eigenvalue weighted by Crippen LogP contribution is 2.44. The molecule has 5 aromatic rings. The largest absolute Gasteiger partial charge is 0.450 e. The first-order chi connectivity index (χ1) is 16.0. The fraction of sp³-hybridized carbons (Fsp3) is 0.0417. The molecule has 1 atom stereocenters. The maximum Gasteiger partial charge on any atom is 0.297 e. The van der Waals surface area contributed by atoms with E-state index in [1.807, 2.05) is 24.3 Å². The molecule has 6 rings (SSSR count). The molecule has 0 N–H and O–H groups in total. The highest BCUT2D eigenvalue weighted by molar-refractivity contribution is 7.22. The van der Waals surface area contributed by atoms with E-state index < -0.39 is 16.9 Å². The van der Waals surface area contributed by atoms with Crippen LogP contribution in [0.2, 0.25) is 0 Å². The van der Waals surface area contributed by atoms with Gasteiger partial charge in [0, 0.05) is 12.1 Å². The van der Waals surface area contributed by atoms with Crippen LogP contribution in [0.5, 0.6) is 0 Å². The van der Waals surface area contributed by atoms with Crippen LogP contribution in [0.25, 0.3) is 21.2 Å². The highest BCUT2D eigenvalue weighted by Gasteiger charge is 2.45. The summed E-state index contributed by atoms with van der Waals surface area (Å²) in [7, 11) is 0. The number of rotatable bonds is 3. The number of fused-ring (bicyclic) bond motifs is 3. The molecule has 0 radical (unpaired) electrons. The van der Waals surface area contributed by atoms with E-state index in [-0.39, 0.29) is 22.4 Å². The molecule has 3 heterocycles. The van der Waals surface area contributed by atoms with Crippen molar-refractivity contribution in [1.82, 2.24) is 4.98 Å². The van der Waals surface area contributed by atoms with Crippen molar-refractivity contribution in [3.63, 3.8) is 0 Å². The Balaban J connectivity index is 1.65. The van der Waals surface area contributed by atoms with Crippen molar-refractivity contribution in [1.29, 1.82) is 0 Å². The minimum atomic E-state index is -0.909. The molecule has 3 aromatic carbocycles. The van der Waals surface area contributed by atoms with Crippen molar-refractivity contribution in [3.8, 4) is 0 Å². The zero-order chi connectivity index (χ0) is 22.7. The molecular formula is C24H13N3O5S. The third kappa shape index (κ3) is 2.86. The number of carbonyl (C=O) groups is 1. The van der Waals surface area contributed by atoms with E-state index in [1.165, 1.54) is 34.4 Å². The van der Waals surface area contributed by atoms with Gasteiger partial charge in [-0.25, -0.2) is 4.98 Å². The molecule has 1 aliphatic rings. The van der Waals surface area contributed by atoms with Crippen LogP contribution in [0.1, 0.15) is 27.7 Å². The standard InChI is InChI=1S/C24H13N3O5S/c28-21-15-8-1-3-10-17(15)32-22-19(21)20(13-6-5-7-14(12-13)27(30)31)26(23(22)29)24-25-16-9-2-4-11-18(16)33-24/h1-12,20H/t20-/m0/s1. The zero-order valence-electron chi connectivity index (χ0n) is 16.8. The van der Waals surface area contributed by atoms with Crippen LogP contribution in [0.15, 0.2) is 82.0 Å². The number of nitro benzene ring substituents is 1. The van der Waals surface area contributed by atoms with Gasteiger partial charge >= 0.3 is 0 Å². The summed E-state index contributed by atoms with van der Waals surface area (Å²) >= 11 is 1.30. The SMILES string of the molecule is O=C1c2oc3ccccc3c(=O)c2[C@H](c2cccc([N+](=O)[O-])c2)N1c1nc2ccccc2s1.